The Bertz CT molecular complexity index is 514. The lowest BCUT2D eigenvalue weighted by atomic mass is 10.1. The third-order valence-electron chi connectivity index (χ3n) is 4.64. The van der Waals surface area contributed by atoms with E-state index in [4.69, 9.17) is 9.47 Å². The fourth-order valence-corrected chi connectivity index (χ4v) is 3.51. The molecule has 0 aliphatic rings. The number of carbonyl (C=O) groups excluding carboxylic acids is 3. The Morgan fingerprint density at radius 2 is 1.52 bits per heavy atom. The predicted molar refractivity (Wildman–Crippen MR) is 127 cm³/mol. The second kappa shape index (κ2) is 18.5. The Kier molecular flexibility index (Phi) is 17.8. The highest BCUT2D eigenvalue weighted by molar-refractivity contribution is 8.00. The summed E-state index contributed by atoms with van der Waals surface area (Å²) >= 11 is 1.36. The largest absolute Gasteiger partial charge is 0.379 e. The van der Waals surface area contributed by atoms with Crippen molar-refractivity contribution in [1.82, 2.24) is 10.6 Å². The van der Waals surface area contributed by atoms with Gasteiger partial charge in [0.05, 0.1) is 18.5 Å². The number of ketones is 1. The van der Waals surface area contributed by atoms with Gasteiger partial charge < -0.3 is 20.1 Å². The van der Waals surface area contributed by atoms with Gasteiger partial charge in [-0.3, -0.25) is 14.4 Å². The highest BCUT2D eigenvalue weighted by Gasteiger charge is 2.22. The fourth-order valence-electron chi connectivity index (χ4n) is 2.40. The highest BCUT2D eigenvalue weighted by atomic mass is 32.2. The van der Waals surface area contributed by atoms with Gasteiger partial charge in [-0.15, -0.1) is 11.8 Å². The van der Waals surface area contributed by atoms with Crippen LogP contribution >= 0.6 is 11.8 Å². The molecule has 0 rings (SSSR count). The summed E-state index contributed by atoms with van der Waals surface area (Å²) in [6.07, 6.45) is 1.52. The molecule has 0 saturated heterocycles. The molecule has 7 nitrogen and oxygen atoms in total. The fraction of sp³-hybridized carbons (Fsp3) is 0.870. The lowest BCUT2D eigenvalue weighted by molar-refractivity contribution is -0.126. The lowest BCUT2D eigenvalue weighted by Crippen LogP contribution is -2.39. The van der Waals surface area contributed by atoms with Crippen LogP contribution in [-0.4, -0.2) is 68.1 Å². The molecule has 0 spiro atoms. The van der Waals surface area contributed by atoms with Gasteiger partial charge in [-0.25, -0.2) is 0 Å². The van der Waals surface area contributed by atoms with Gasteiger partial charge in [0, 0.05) is 50.8 Å². The Hall–Kier alpha value is -1.12. The van der Waals surface area contributed by atoms with E-state index in [1.165, 1.54) is 11.8 Å². The van der Waals surface area contributed by atoms with Gasteiger partial charge >= 0.3 is 0 Å². The molecule has 0 aliphatic carbocycles. The van der Waals surface area contributed by atoms with Crippen LogP contribution < -0.4 is 10.6 Å². The first-order valence-electron chi connectivity index (χ1n) is 11.5. The van der Waals surface area contributed by atoms with E-state index in [1.54, 1.807) is 0 Å². The summed E-state index contributed by atoms with van der Waals surface area (Å²) in [5.74, 6) is 1.21. The van der Waals surface area contributed by atoms with Crippen molar-refractivity contribution in [2.75, 3.05) is 45.3 Å². The van der Waals surface area contributed by atoms with E-state index in [1.807, 2.05) is 13.8 Å². The zero-order valence-electron chi connectivity index (χ0n) is 20.3. The zero-order chi connectivity index (χ0) is 23.6. The molecule has 8 heteroatoms. The van der Waals surface area contributed by atoms with Crippen molar-refractivity contribution in [2.24, 2.45) is 17.8 Å². The zero-order valence-corrected chi connectivity index (χ0v) is 21.1. The van der Waals surface area contributed by atoms with Crippen molar-refractivity contribution in [3.63, 3.8) is 0 Å². The van der Waals surface area contributed by atoms with Crippen LogP contribution in [0, 0.1) is 17.8 Å². The van der Waals surface area contributed by atoms with E-state index in [-0.39, 0.29) is 29.9 Å². The van der Waals surface area contributed by atoms with Crippen molar-refractivity contribution in [3.8, 4) is 0 Å². The molecular weight excluding hydrogens is 416 g/mol. The van der Waals surface area contributed by atoms with Gasteiger partial charge in [0.25, 0.3) is 0 Å². The van der Waals surface area contributed by atoms with Crippen LogP contribution in [0.3, 0.4) is 0 Å². The van der Waals surface area contributed by atoms with Crippen LogP contribution in [0.1, 0.15) is 60.8 Å². The predicted octanol–water partition coefficient (Wildman–Crippen LogP) is 3.06. The second-order valence-electron chi connectivity index (χ2n) is 8.63. The summed E-state index contributed by atoms with van der Waals surface area (Å²) in [6, 6.07) is 0. The molecule has 0 radical (unpaired) electrons. The summed E-state index contributed by atoms with van der Waals surface area (Å²) in [7, 11) is 0. The van der Waals surface area contributed by atoms with E-state index in [9.17, 15) is 14.4 Å². The van der Waals surface area contributed by atoms with Crippen molar-refractivity contribution < 1.29 is 23.9 Å². The third-order valence-corrected chi connectivity index (χ3v) is 5.86. The van der Waals surface area contributed by atoms with Gasteiger partial charge in [-0.05, 0) is 11.8 Å². The Morgan fingerprint density at radius 1 is 0.903 bits per heavy atom. The topological polar surface area (TPSA) is 93.7 Å². The highest BCUT2D eigenvalue weighted by Crippen LogP contribution is 2.17. The summed E-state index contributed by atoms with van der Waals surface area (Å²) in [5.41, 5.74) is 0. The Balaban J connectivity index is 4.46. The van der Waals surface area contributed by atoms with Crippen LogP contribution in [0.15, 0.2) is 0 Å². The van der Waals surface area contributed by atoms with Gasteiger partial charge in [-0.2, -0.15) is 0 Å². The maximum Gasteiger partial charge on any atom is 0.233 e. The van der Waals surface area contributed by atoms with Gasteiger partial charge in [0.2, 0.25) is 11.8 Å². The van der Waals surface area contributed by atoms with Crippen molar-refractivity contribution in [2.45, 2.75) is 66.1 Å². The maximum absolute atomic E-state index is 12.6. The first-order valence-corrected chi connectivity index (χ1v) is 12.6. The first-order chi connectivity index (χ1) is 14.7. The minimum atomic E-state index is -0.536. The summed E-state index contributed by atoms with van der Waals surface area (Å²) in [5, 5.41) is 5.12. The molecule has 182 valence electrons. The average Bonchev–Trinajstić information content (AvgIpc) is 2.71. The van der Waals surface area contributed by atoms with Gasteiger partial charge in [0.15, 0.2) is 0 Å². The number of rotatable bonds is 19. The summed E-state index contributed by atoms with van der Waals surface area (Å²) in [4.78, 5) is 36.8. The molecule has 31 heavy (non-hydrogen) atoms. The van der Waals surface area contributed by atoms with E-state index < -0.39 is 5.25 Å². The van der Waals surface area contributed by atoms with Gasteiger partial charge in [0.1, 0.15) is 5.78 Å². The van der Waals surface area contributed by atoms with Crippen LogP contribution in [0.2, 0.25) is 0 Å². The Labute approximate surface area is 193 Å². The van der Waals surface area contributed by atoms with Crippen molar-refractivity contribution >= 4 is 29.4 Å². The number of hydrogen-bond acceptors (Lipinski definition) is 6. The molecule has 0 aliphatic heterocycles. The van der Waals surface area contributed by atoms with E-state index in [2.05, 4.69) is 38.3 Å². The summed E-state index contributed by atoms with van der Waals surface area (Å²) in [6.45, 7) is 15.1. The number of hydrogen-bond donors (Lipinski definition) is 2. The van der Waals surface area contributed by atoms with E-state index in [0.717, 1.165) is 6.42 Å². The number of amides is 2. The van der Waals surface area contributed by atoms with Crippen LogP contribution in [-0.2, 0) is 23.9 Å². The minimum absolute atomic E-state index is 0.0234. The molecule has 2 unspecified atom stereocenters. The molecule has 0 bridgehead atoms. The first kappa shape index (κ1) is 29.9. The smallest absolute Gasteiger partial charge is 0.233 e. The molecule has 0 aromatic rings. The lowest BCUT2D eigenvalue weighted by Gasteiger charge is -2.17. The molecule has 0 saturated carbocycles. The molecular formula is C23H44N2O5S. The quantitative estimate of drug-likeness (QED) is 0.288. The third kappa shape index (κ3) is 17.2. The van der Waals surface area contributed by atoms with Crippen molar-refractivity contribution in [1.29, 1.82) is 0 Å². The monoisotopic (exact) mass is 460 g/mol. The van der Waals surface area contributed by atoms with E-state index in [0.29, 0.717) is 63.5 Å². The molecule has 0 aromatic heterocycles. The molecule has 0 fully saturated rings. The number of carbonyl (C=O) groups is 3. The minimum Gasteiger partial charge on any atom is -0.379 e. The second-order valence-corrected chi connectivity index (χ2v) is 9.94. The average molecular weight is 461 g/mol. The molecule has 2 N–H and O–H groups in total. The Morgan fingerprint density at radius 3 is 2.10 bits per heavy atom. The van der Waals surface area contributed by atoms with Crippen LogP contribution in [0.4, 0.5) is 0 Å². The van der Waals surface area contributed by atoms with E-state index >= 15 is 0 Å². The molecule has 0 heterocycles. The van der Waals surface area contributed by atoms with Gasteiger partial charge in [-0.1, -0.05) is 48.0 Å². The van der Waals surface area contributed by atoms with Crippen LogP contribution in [0.5, 0.6) is 0 Å². The SMILES string of the molecule is CCC(C)COCCNC(=O)C(CC(=O)NCCOCC(C)C)SCCC(=O)C(C)C. The van der Waals surface area contributed by atoms with Crippen molar-refractivity contribution in [3.05, 3.63) is 0 Å². The number of thioether (sulfide) groups is 1. The number of nitrogens with one attached hydrogen (secondary N) is 2. The molecule has 2 amide bonds. The molecule has 0 aromatic carbocycles. The summed E-state index contributed by atoms with van der Waals surface area (Å²) < 4.78 is 11.0. The number of Topliss-reactive ketones (excluding diaryl/α,β-unsaturated/α-hetero) is 1. The molecule has 2 atom stereocenters. The normalized spacial score (nSPS) is 13.3. The maximum atomic E-state index is 12.6. The standard InChI is InChI=1S/C23H44N2O5S/c1-7-19(6)16-30-12-10-25-23(28)21(31-13-8-20(26)18(4)5)14-22(27)24-9-11-29-15-17(2)3/h17-19,21H,7-16H2,1-6H3,(H,24,27)(H,25,28). The van der Waals surface area contributed by atoms with Crippen LogP contribution in [0.25, 0.3) is 0 Å². The number of ether oxygens (including phenoxy) is 2.